The lowest BCUT2D eigenvalue weighted by molar-refractivity contribution is 0.0378. The summed E-state index contributed by atoms with van der Waals surface area (Å²) in [6.45, 7) is 4.09. The van der Waals surface area contributed by atoms with Gasteiger partial charge in [0.1, 0.15) is 0 Å². The molecule has 6 nitrogen and oxygen atoms in total. The van der Waals surface area contributed by atoms with Crippen LogP contribution in [0.3, 0.4) is 0 Å². The molecule has 0 unspecified atom stereocenters. The Morgan fingerprint density at radius 1 is 1.28 bits per heavy atom. The molecule has 0 spiro atoms. The molecule has 2 atom stereocenters. The highest BCUT2D eigenvalue weighted by Gasteiger charge is 2.61. The fraction of sp³-hybridized carbons (Fsp3) is 0.478. The van der Waals surface area contributed by atoms with E-state index in [9.17, 15) is 4.79 Å². The van der Waals surface area contributed by atoms with Crippen molar-refractivity contribution in [2.24, 2.45) is 5.92 Å². The van der Waals surface area contributed by atoms with Crippen molar-refractivity contribution in [3.8, 4) is 11.1 Å². The van der Waals surface area contributed by atoms with Crippen LogP contribution >= 0.6 is 0 Å². The van der Waals surface area contributed by atoms with Gasteiger partial charge in [0.25, 0.3) is 0 Å². The summed E-state index contributed by atoms with van der Waals surface area (Å²) in [5, 5.41) is 0. The van der Waals surface area contributed by atoms with Crippen molar-refractivity contribution in [2.45, 2.75) is 30.7 Å². The van der Waals surface area contributed by atoms with E-state index in [0.29, 0.717) is 11.6 Å². The van der Waals surface area contributed by atoms with Crippen molar-refractivity contribution in [2.75, 3.05) is 39.1 Å². The lowest BCUT2D eigenvalue weighted by Crippen LogP contribution is -2.40. The molecule has 2 aliphatic heterocycles. The number of pyridine rings is 1. The molecule has 0 amide bonds. The van der Waals surface area contributed by atoms with Crippen LogP contribution in [0, 0.1) is 5.92 Å². The summed E-state index contributed by atoms with van der Waals surface area (Å²) in [7, 11) is 1.37. The molecule has 1 saturated carbocycles. The monoisotopic (exact) mass is 393 g/mol. The zero-order valence-corrected chi connectivity index (χ0v) is 16.8. The maximum atomic E-state index is 11.8. The van der Waals surface area contributed by atoms with Gasteiger partial charge in [0, 0.05) is 67.0 Å². The van der Waals surface area contributed by atoms with Crippen molar-refractivity contribution in [1.29, 1.82) is 0 Å². The summed E-state index contributed by atoms with van der Waals surface area (Å²) >= 11 is 0. The lowest BCUT2D eigenvalue weighted by Gasteiger charge is -2.33. The predicted octanol–water partition coefficient (Wildman–Crippen LogP) is 2.87. The van der Waals surface area contributed by atoms with E-state index in [1.54, 1.807) is 12.3 Å². The molecule has 1 aromatic heterocycles. The first-order valence-electron chi connectivity index (χ1n) is 10.4. The number of hydrogen-bond donors (Lipinski definition) is 1. The standard InChI is InChI=1S/C23H27N3O3/c1-28-22(27)16-8-15(11-25-12-16)20-3-2-17(9-21(20)24)23-10-18(23)13-26(14-23)19-4-6-29-7-5-19/h2-3,8-9,11-12,18-19H,4-7,10,13-14,24H2,1H3/t18-,23+/m0/s1. The molecule has 152 valence electrons. The maximum absolute atomic E-state index is 11.8. The Hall–Kier alpha value is -2.44. The summed E-state index contributed by atoms with van der Waals surface area (Å²) < 4.78 is 10.3. The number of ether oxygens (including phenoxy) is 2. The Morgan fingerprint density at radius 2 is 2.10 bits per heavy atom. The van der Waals surface area contributed by atoms with Gasteiger partial charge in [-0.1, -0.05) is 12.1 Å². The summed E-state index contributed by atoms with van der Waals surface area (Å²) in [4.78, 5) is 18.7. The molecular weight excluding hydrogens is 366 g/mol. The second-order valence-corrected chi connectivity index (χ2v) is 8.59. The number of nitrogens with zero attached hydrogens (tertiary/aromatic N) is 2. The predicted molar refractivity (Wildman–Crippen MR) is 111 cm³/mol. The Kier molecular flexibility index (Phi) is 4.56. The molecule has 2 N–H and O–H groups in total. The first-order chi connectivity index (χ1) is 14.1. The van der Waals surface area contributed by atoms with E-state index in [0.717, 1.165) is 55.3 Å². The van der Waals surface area contributed by atoms with Gasteiger partial charge in [0.2, 0.25) is 0 Å². The molecule has 2 saturated heterocycles. The van der Waals surface area contributed by atoms with Crippen LogP contribution in [-0.4, -0.2) is 55.3 Å². The molecule has 3 aliphatic rings. The fourth-order valence-corrected chi connectivity index (χ4v) is 5.25. The average molecular weight is 393 g/mol. The van der Waals surface area contributed by atoms with E-state index in [4.69, 9.17) is 15.2 Å². The number of rotatable bonds is 4. The van der Waals surface area contributed by atoms with Gasteiger partial charge in [-0.15, -0.1) is 0 Å². The minimum atomic E-state index is -0.395. The minimum Gasteiger partial charge on any atom is -0.465 e. The lowest BCUT2D eigenvalue weighted by atomic mass is 9.91. The number of fused-ring (bicyclic) bond motifs is 1. The molecule has 6 heteroatoms. The first-order valence-corrected chi connectivity index (χ1v) is 10.4. The Morgan fingerprint density at radius 3 is 2.86 bits per heavy atom. The molecule has 29 heavy (non-hydrogen) atoms. The van der Waals surface area contributed by atoms with Gasteiger partial charge in [0.05, 0.1) is 12.7 Å². The number of esters is 1. The second-order valence-electron chi connectivity index (χ2n) is 8.59. The number of benzene rings is 1. The van der Waals surface area contributed by atoms with Crippen molar-refractivity contribution in [1.82, 2.24) is 9.88 Å². The van der Waals surface area contributed by atoms with E-state index < -0.39 is 5.97 Å². The van der Waals surface area contributed by atoms with E-state index >= 15 is 0 Å². The van der Waals surface area contributed by atoms with E-state index in [1.807, 2.05) is 0 Å². The number of hydrogen-bond acceptors (Lipinski definition) is 6. The summed E-state index contributed by atoms with van der Waals surface area (Å²) in [6.07, 6.45) is 6.79. The molecule has 3 fully saturated rings. The molecular formula is C23H27N3O3. The third-order valence-electron chi connectivity index (χ3n) is 6.98. The van der Waals surface area contributed by atoms with Crippen LogP contribution in [0.15, 0.2) is 36.7 Å². The van der Waals surface area contributed by atoms with Crippen molar-refractivity contribution in [3.05, 3.63) is 47.8 Å². The molecule has 0 bridgehead atoms. The number of anilines is 1. The topological polar surface area (TPSA) is 77.7 Å². The summed E-state index contributed by atoms with van der Waals surface area (Å²) in [6, 6.07) is 8.86. The zero-order valence-electron chi connectivity index (χ0n) is 16.8. The second kappa shape index (κ2) is 7.11. The van der Waals surface area contributed by atoms with Crippen molar-refractivity contribution in [3.63, 3.8) is 0 Å². The van der Waals surface area contributed by atoms with Gasteiger partial charge in [-0.3, -0.25) is 9.88 Å². The van der Waals surface area contributed by atoms with Gasteiger partial charge < -0.3 is 15.2 Å². The highest BCUT2D eigenvalue weighted by molar-refractivity contribution is 5.91. The van der Waals surface area contributed by atoms with E-state index in [-0.39, 0.29) is 5.41 Å². The number of piperidine rings is 1. The number of nitrogens with two attached hydrogens (primary N) is 1. The van der Waals surface area contributed by atoms with E-state index in [1.165, 1.54) is 31.8 Å². The zero-order chi connectivity index (χ0) is 20.0. The molecule has 1 aliphatic carbocycles. The number of methoxy groups -OCH3 is 1. The normalized spacial score (nSPS) is 26.9. The van der Waals surface area contributed by atoms with Gasteiger partial charge in [-0.2, -0.15) is 0 Å². The molecule has 5 rings (SSSR count). The van der Waals surface area contributed by atoms with E-state index in [2.05, 4.69) is 28.1 Å². The van der Waals surface area contributed by atoms with Gasteiger partial charge >= 0.3 is 5.97 Å². The highest BCUT2D eigenvalue weighted by atomic mass is 16.5. The SMILES string of the molecule is COC(=O)c1cncc(-c2ccc([C@]34C[C@H]3CN(C3CCOCC3)C4)cc2N)c1. The van der Waals surface area contributed by atoms with Crippen LogP contribution in [0.4, 0.5) is 5.69 Å². The Bertz CT molecular complexity index is 941. The molecule has 1 aromatic carbocycles. The van der Waals surface area contributed by atoms with Crippen LogP contribution in [0.25, 0.3) is 11.1 Å². The van der Waals surface area contributed by atoms with Crippen molar-refractivity contribution < 1.29 is 14.3 Å². The number of carbonyl (C=O) groups is 1. The fourth-order valence-electron chi connectivity index (χ4n) is 5.25. The third kappa shape index (κ3) is 3.20. The largest absolute Gasteiger partial charge is 0.465 e. The number of carbonyl (C=O) groups excluding carboxylic acids is 1. The summed E-state index contributed by atoms with van der Waals surface area (Å²) in [5.74, 6) is 0.341. The van der Waals surface area contributed by atoms with Crippen molar-refractivity contribution >= 4 is 11.7 Å². The van der Waals surface area contributed by atoms with Gasteiger partial charge in [0.15, 0.2) is 0 Å². The van der Waals surface area contributed by atoms with Crippen LogP contribution < -0.4 is 5.73 Å². The third-order valence-corrected chi connectivity index (χ3v) is 6.98. The van der Waals surface area contributed by atoms with Gasteiger partial charge in [-0.25, -0.2) is 4.79 Å². The Balaban J connectivity index is 1.38. The smallest absolute Gasteiger partial charge is 0.339 e. The Labute approximate surface area is 171 Å². The average Bonchev–Trinajstić information content (AvgIpc) is 3.34. The summed E-state index contributed by atoms with van der Waals surface area (Å²) in [5.41, 5.74) is 11.0. The number of likely N-dealkylation sites (tertiary alicyclic amines) is 1. The number of aromatic nitrogens is 1. The highest BCUT2D eigenvalue weighted by Crippen LogP contribution is 2.60. The molecule has 2 aromatic rings. The molecule has 3 heterocycles. The first kappa shape index (κ1) is 18.6. The molecule has 0 radical (unpaired) electrons. The number of nitrogen functional groups attached to an aromatic ring is 1. The quantitative estimate of drug-likeness (QED) is 0.636. The van der Waals surface area contributed by atoms with Crippen LogP contribution in [0.1, 0.15) is 35.2 Å². The maximum Gasteiger partial charge on any atom is 0.339 e. The van der Waals surface area contributed by atoms with Crippen LogP contribution in [0.5, 0.6) is 0 Å². The minimum absolute atomic E-state index is 0.261. The van der Waals surface area contributed by atoms with Crippen LogP contribution in [-0.2, 0) is 14.9 Å². The van der Waals surface area contributed by atoms with Gasteiger partial charge in [-0.05, 0) is 42.9 Å². The van der Waals surface area contributed by atoms with Crippen LogP contribution in [0.2, 0.25) is 0 Å².